The molecule has 0 bridgehead atoms. The minimum Gasteiger partial charge on any atom is -0.483 e. The van der Waals surface area contributed by atoms with Gasteiger partial charge in [0.1, 0.15) is 11.8 Å². The Morgan fingerprint density at radius 1 is 0.722 bits per heavy atom. The van der Waals surface area contributed by atoms with Gasteiger partial charge in [-0.1, -0.05) is 6.07 Å². The van der Waals surface area contributed by atoms with Gasteiger partial charge >= 0.3 is 0 Å². The van der Waals surface area contributed by atoms with Crippen molar-refractivity contribution in [2.75, 3.05) is 125 Å². The molecule has 1 atom stereocenters. The number of amides is 5. The van der Waals surface area contributed by atoms with E-state index in [-0.39, 0.29) is 42.9 Å². The maximum atomic E-state index is 13.1. The smallest absolute Gasteiger partial charge is 0.266 e. The highest BCUT2D eigenvalue weighted by molar-refractivity contribution is 6.24. The third kappa shape index (κ3) is 14.9. The molecule has 0 aromatic heterocycles. The number of nitrogens with zero attached hydrogens (tertiary/aromatic N) is 2. The number of rotatable bonds is 28. The van der Waals surface area contributed by atoms with Crippen LogP contribution in [0.15, 0.2) is 18.2 Å². The van der Waals surface area contributed by atoms with Crippen molar-refractivity contribution in [1.82, 2.24) is 20.4 Å². The fraction of sp³-hybridized carbons (Fsp3) is 0.694. The Morgan fingerprint density at radius 3 is 1.81 bits per heavy atom. The normalized spacial score (nSPS) is 17.9. The van der Waals surface area contributed by atoms with Crippen LogP contribution in [0.5, 0.6) is 5.75 Å². The quantitative estimate of drug-likeness (QED) is 0.0698. The molecule has 18 nitrogen and oxygen atoms in total. The summed E-state index contributed by atoms with van der Waals surface area (Å²) >= 11 is 0. The van der Waals surface area contributed by atoms with Crippen LogP contribution in [-0.4, -0.2) is 177 Å². The average molecular weight is 766 g/mol. The predicted molar refractivity (Wildman–Crippen MR) is 191 cm³/mol. The van der Waals surface area contributed by atoms with Crippen molar-refractivity contribution in [3.8, 4) is 5.75 Å². The van der Waals surface area contributed by atoms with Crippen molar-refractivity contribution in [3.05, 3.63) is 29.3 Å². The highest BCUT2D eigenvalue weighted by Crippen LogP contribution is 2.33. The van der Waals surface area contributed by atoms with Gasteiger partial charge in [0.05, 0.1) is 104 Å². The molecule has 3 aliphatic rings. The first-order valence-corrected chi connectivity index (χ1v) is 18.6. The molecular weight excluding hydrogens is 710 g/mol. The molecule has 5 amide bonds. The maximum absolute atomic E-state index is 13.1. The molecule has 18 heteroatoms. The summed E-state index contributed by atoms with van der Waals surface area (Å²) in [5, 5.41) is 4.81. The molecule has 3 aliphatic heterocycles. The van der Waals surface area contributed by atoms with Gasteiger partial charge in [-0.3, -0.25) is 34.2 Å². The molecule has 2 saturated heterocycles. The van der Waals surface area contributed by atoms with Crippen LogP contribution in [0.25, 0.3) is 0 Å². The Balaban J connectivity index is 0.881. The van der Waals surface area contributed by atoms with Gasteiger partial charge in [0, 0.05) is 25.6 Å². The van der Waals surface area contributed by atoms with Crippen LogP contribution < -0.4 is 21.1 Å². The van der Waals surface area contributed by atoms with Crippen LogP contribution in [0.1, 0.15) is 46.4 Å². The molecule has 302 valence electrons. The second-order valence-electron chi connectivity index (χ2n) is 12.7. The summed E-state index contributed by atoms with van der Waals surface area (Å²) < 4.78 is 44.1. The number of hydrogen-bond donors (Lipinski definition) is 3. The summed E-state index contributed by atoms with van der Waals surface area (Å²) in [6, 6.07) is 3.69. The molecule has 0 saturated carbocycles. The van der Waals surface area contributed by atoms with E-state index in [2.05, 4.69) is 15.5 Å². The third-order valence-corrected chi connectivity index (χ3v) is 8.77. The number of benzene rings is 1. The lowest BCUT2D eigenvalue weighted by molar-refractivity contribution is -0.136. The van der Waals surface area contributed by atoms with Gasteiger partial charge in [0.2, 0.25) is 11.8 Å². The Bertz CT molecular complexity index is 1340. The highest BCUT2D eigenvalue weighted by atomic mass is 16.6. The number of ether oxygens (including phenoxy) is 8. The van der Waals surface area contributed by atoms with Gasteiger partial charge in [-0.25, -0.2) is 0 Å². The number of fused-ring (bicyclic) bond motifs is 1. The van der Waals surface area contributed by atoms with Crippen molar-refractivity contribution in [2.24, 2.45) is 5.73 Å². The first kappa shape index (κ1) is 43.1. The number of nitrogens with one attached hydrogen (secondary N) is 2. The van der Waals surface area contributed by atoms with E-state index in [1.807, 2.05) is 0 Å². The van der Waals surface area contributed by atoms with Crippen LogP contribution in [0.2, 0.25) is 0 Å². The number of imide groups is 2. The first-order chi connectivity index (χ1) is 26.3. The van der Waals surface area contributed by atoms with Crippen LogP contribution >= 0.6 is 0 Å². The molecular formula is C36H55N5O13. The van der Waals surface area contributed by atoms with E-state index < -0.39 is 42.2 Å². The topological polar surface area (TPSA) is 216 Å². The van der Waals surface area contributed by atoms with Crippen molar-refractivity contribution in [1.29, 1.82) is 0 Å². The SMILES string of the molecule is NC1CCN(CCOCCOCCOCCOCCOCCOCCOCCNC(=O)COc2cccc3c2C(=O)N(C2CCC(=O)NC2=O)C3=O)CC1. The van der Waals surface area contributed by atoms with Gasteiger partial charge in [0.25, 0.3) is 17.7 Å². The zero-order valence-corrected chi connectivity index (χ0v) is 30.9. The molecule has 1 aromatic rings. The van der Waals surface area contributed by atoms with Gasteiger partial charge in [-0.15, -0.1) is 0 Å². The summed E-state index contributed by atoms with van der Waals surface area (Å²) in [4.78, 5) is 65.4. The molecule has 1 aromatic carbocycles. The summed E-state index contributed by atoms with van der Waals surface area (Å²) in [5.74, 6) is -2.94. The van der Waals surface area contributed by atoms with Crippen molar-refractivity contribution in [2.45, 2.75) is 37.8 Å². The van der Waals surface area contributed by atoms with E-state index in [1.165, 1.54) is 18.2 Å². The predicted octanol–water partition coefficient (Wildman–Crippen LogP) is -0.878. The molecule has 4 N–H and O–H groups in total. The van der Waals surface area contributed by atoms with E-state index in [0.29, 0.717) is 91.9 Å². The van der Waals surface area contributed by atoms with Gasteiger partial charge in [-0.05, 0) is 44.5 Å². The largest absolute Gasteiger partial charge is 0.483 e. The minimum absolute atomic E-state index is 0.0138. The number of hydrogen-bond acceptors (Lipinski definition) is 15. The van der Waals surface area contributed by atoms with E-state index >= 15 is 0 Å². The summed E-state index contributed by atoms with van der Waals surface area (Å²) in [6.07, 6.45) is 2.17. The summed E-state index contributed by atoms with van der Waals surface area (Å²) in [7, 11) is 0. The van der Waals surface area contributed by atoms with E-state index in [9.17, 15) is 24.0 Å². The van der Waals surface area contributed by atoms with E-state index in [1.54, 1.807) is 0 Å². The second-order valence-corrected chi connectivity index (χ2v) is 12.7. The van der Waals surface area contributed by atoms with Crippen molar-refractivity contribution in [3.63, 3.8) is 0 Å². The Kier molecular flexibility index (Phi) is 19.8. The van der Waals surface area contributed by atoms with Gasteiger partial charge in [-0.2, -0.15) is 0 Å². The van der Waals surface area contributed by atoms with Gasteiger partial charge < -0.3 is 53.8 Å². The van der Waals surface area contributed by atoms with Crippen LogP contribution in [0, 0.1) is 0 Å². The lowest BCUT2D eigenvalue weighted by Gasteiger charge is -2.29. The molecule has 0 aliphatic carbocycles. The number of nitrogens with two attached hydrogens (primary N) is 1. The molecule has 0 radical (unpaired) electrons. The first-order valence-electron chi connectivity index (χ1n) is 18.6. The van der Waals surface area contributed by atoms with Crippen molar-refractivity contribution < 1.29 is 61.9 Å². The zero-order valence-electron chi connectivity index (χ0n) is 30.9. The van der Waals surface area contributed by atoms with Gasteiger partial charge in [0.15, 0.2) is 6.61 Å². The lowest BCUT2D eigenvalue weighted by atomic mass is 10.0. The maximum Gasteiger partial charge on any atom is 0.266 e. The molecule has 54 heavy (non-hydrogen) atoms. The monoisotopic (exact) mass is 765 g/mol. The summed E-state index contributed by atoms with van der Waals surface area (Å²) in [6.45, 7) is 9.33. The number of likely N-dealkylation sites (tertiary alicyclic amines) is 1. The van der Waals surface area contributed by atoms with Crippen LogP contribution in [0.3, 0.4) is 0 Å². The Hall–Kier alpha value is -3.59. The standard InChI is InChI=1S/C36H55N5O13/c37-27-6-9-40(10-7-27)11-13-48-15-17-50-19-21-52-23-25-53-24-22-51-20-18-49-16-14-47-12-8-38-32(43)26-54-30-3-1-2-28-33(30)36(46)41(35(28)45)29-4-5-31(42)39-34(29)44/h1-3,27,29H,4-26,37H2,(H,38,43)(H,39,42,44). The fourth-order valence-corrected chi connectivity index (χ4v) is 5.85. The summed E-state index contributed by atoms with van der Waals surface area (Å²) in [5.41, 5.74) is 5.97. The minimum atomic E-state index is -1.10. The second kappa shape index (κ2) is 24.7. The number of piperidine rings is 2. The van der Waals surface area contributed by atoms with E-state index in [4.69, 9.17) is 43.6 Å². The molecule has 2 fully saturated rings. The lowest BCUT2D eigenvalue weighted by Crippen LogP contribution is -2.54. The fourth-order valence-electron chi connectivity index (χ4n) is 5.85. The Morgan fingerprint density at radius 2 is 1.26 bits per heavy atom. The van der Waals surface area contributed by atoms with Crippen molar-refractivity contribution >= 4 is 29.5 Å². The number of carbonyl (C=O) groups is 5. The molecule has 1 unspecified atom stereocenters. The highest BCUT2D eigenvalue weighted by Gasteiger charge is 2.46. The molecule has 4 rings (SSSR count). The molecule has 3 heterocycles. The zero-order chi connectivity index (χ0) is 38.4. The number of carbonyl (C=O) groups excluding carboxylic acids is 5. The average Bonchev–Trinajstić information content (AvgIpc) is 3.42. The molecule has 0 spiro atoms. The Labute approximate surface area is 315 Å². The van der Waals surface area contributed by atoms with Crippen LogP contribution in [-0.2, 0) is 47.5 Å². The third-order valence-electron chi connectivity index (χ3n) is 8.77. The van der Waals surface area contributed by atoms with E-state index in [0.717, 1.165) is 37.4 Å². The van der Waals surface area contributed by atoms with Crippen LogP contribution in [0.4, 0.5) is 0 Å².